The maximum Gasteiger partial charge on any atom is 0.401 e. The SMILES string of the molecule is COc1cc(-c2ccn3c([C@H](C)N4CCN(CC(F)(F)F)CC4)c(C)c(C(=O)NCc4c(OC)cc(C)[nH]c4=O)cc23)ccn1. The zero-order chi connectivity index (χ0) is 32.5. The highest BCUT2D eigenvalue weighted by Gasteiger charge is 2.34. The number of carbonyl (C=O) groups is 1. The summed E-state index contributed by atoms with van der Waals surface area (Å²) >= 11 is 0. The molecule has 5 heterocycles. The Bertz CT molecular complexity index is 1760. The molecule has 0 bridgehead atoms. The summed E-state index contributed by atoms with van der Waals surface area (Å²) in [4.78, 5) is 37.0. The molecule has 10 nitrogen and oxygen atoms in total. The zero-order valence-corrected chi connectivity index (χ0v) is 25.9. The minimum Gasteiger partial charge on any atom is -0.496 e. The lowest BCUT2D eigenvalue weighted by Crippen LogP contribution is -2.49. The van der Waals surface area contributed by atoms with Gasteiger partial charge in [0.25, 0.3) is 11.5 Å². The number of aromatic nitrogens is 3. The van der Waals surface area contributed by atoms with Gasteiger partial charge in [0, 0.05) is 73.2 Å². The van der Waals surface area contributed by atoms with Gasteiger partial charge in [-0.15, -0.1) is 0 Å². The van der Waals surface area contributed by atoms with Gasteiger partial charge in [0.05, 0.1) is 38.4 Å². The number of methoxy groups -OCH3 is 2. The zero-order valence-electron chi connectivity index (χ0n) is 25.9. The van der Waals surface area contributed by atoms with E-state index in [1.807, 2.05) is 48.7 Å². The van der Waals surface area contributed by atoms with Crippen molar-refractivity contribution >= 4 is 11.4 Å². The topological polar surface area (TPSA) is 104 Å². The van der Waals surface area contributed by atoms with E-state index in [1.54, 1.807) is 19.2 Å². The number of aromatic amines is 1. The summed E-state index contributed by atoms with van der Waals surface area (Å²) in [6.07, 6.45) is -0.659. The van der Waals surface area contributed by atoms with Gasteiger partial charge in [-0.2, -0.15) is 13.2 Å². The molecule has 2 N–H and O–H groups in total. The number of pyridine rings is 3. The highest BCUT2D eigenvalue weighted by Crippen LogP contribution is 2.35. The van der Waals surface area contributed by atoms with Gasteiger partial charge >= 0.3 is 6.18 Å². The van der Waals surface area contributed by atoms with Gasteiger partial charge < -0.3 is 24.2 Å². The van der Waals surface area contributed by atoms with Gasteiger partial charge in [-0.3, -0.25) is 19.4 Å². The molecule has 1 amide bonds. The van der Waals surface area contributed by atoms with Crippen LogP contribution in [0.3, 0.4) is 0 Å². The molecule has 0 radical (unpaired) electrons. The first-order valence-corrected chi connectivity index (χ1v) is 14.6. The second kappa shape index (κ2) is 12.9. The van der Waals surface area contributed by atoms with Crippen LogP contribution < -0.4 is 20.3 Å². The molecule has 0 aliphatic carbocycles. The van der Waals surface area contributed by atoms with Crippen LogP contribution in [-0.4, -0.2) is 83.2 Å². The second-order valence-electron chi connectivity index (χ2n) is 11.3. The molecule has 240 valence electrons. The molecule has 45 heavy (non-hydrogen) atoms. The number of halogens is 3. The summed E-state index contributed by atoms with van der Waals surface area (Å²) in [5, 5.41) is 2.89. The molecule has 0 saturated carbocycles. The largest absolute Gasteiger partial charge is 0.496 e. The lowest BCUT2D eigenvalue weighted by Gasteiger charge is -2.39. The maximum atomic E-state index is 13.8. The number of ether oxygens (including phenoxy) is 2. The van der Waals surface area contributed by atoms with Gasteiger partial charge in [-0.1, -0.05) is 0 Å². The van der Waals surface area contributed by atoms with E-state index in [-0.39, 0.29) is 37.1 Å². The van der Waals surface area contributed by atoms with E-state index < -0.39 is 12.7 Å². The van der Waals surface area contributed by atoms with Gasteiger partial charge in [0.1, 0.15) is 5.75 Å². The summed E-state index contributed by atoms with van der Waals surface area (Å²) in [6, 6.07) is 8.93. The van der Waals surface area contributed by atoms with Crippen LogP contribution in [0.15, 0.2) is 47.5 Å². The molecule has 4 aromatic rings. The fourth-order valence-electron chi connectivity index (χ4n) is 6.08. The molecule has 0 aromatic carbocycles. The third-order valence-corrected chi connectivity index (χ3v) is 8.38. The maximum absolute atomic E-state index is 13.8. The molecule has 1 fully saturated rings. The molecule has 1 aliphatic rings. The van der Waals surface area contributed by atoms with Crippen LogP contribution in [0.25, 0.3) is 16.6 Å². The van der Waals surface area contributed by atoms with Crippen molar-refractivity contribution in [3.05, 3.63) is 81.2 Å². The van der Waals surface area contributed by atoms with Crippen molar-refractivity contribution in [2.45, 2.75) is 39.5 Å². The monoisotopic (exact) mass is 626 g/mol. The average molecular weight is 627 g/mol. The number of carbonyl (C=O) groups excluding carboxylic acids is 1. The van der Waals surface area contributed by atoms with Crippen molar-refractivity contribution in [3.63, 3.8) is 0 Å². The average Bonchev–Trinajstić information content (AvgIpc) is 3.42. The fourth-order valence-corrected chi connectivity index (χ4v) is 6.08. The van der Waals surface area contributed by atoms with E-state index in [4.69, 9.17) is 9.47 Å². The number of hydrogen-bond donors (Lipinski definition) is 2. The molecule has 1 saturated heterocycles. The molecule has 4 aromatic heterocycles. The fraction of sp³-hybridized carbons (Fsp3) is 0.406. The highest BCUT2D eigenvalue weighted by molar-refractivity contribution is 5.98. The van der Waals surface area contributed by atoms with Crippen molar-refractivity contribution in [3.8, 4) is 22.8 Å². The Morgan fingerprint density at radius 2 is 1.82 bits per heavy atom. The number of nitrogens with zero attached hydrogens (tertiary/aromatic N) is 4. The molecule has 1 aliphatic heterocycles. The van der Waals surface area contributed by atoms with Crippen LogP contribution in [0.1, 0.15) is 45.8 Å². The van der Waals surface area contributed by atoms with Crippen molar-refractivity contribution < 1.29 is 27.4 Å². The molecule has 13 heteroatoms. The summed E-state index contributed by atoms with van der Waals surface area (Å²) in [5.41, 5.74) is 5.04. The predicted molar refractivity (Wildman–Crippen MR) is 164 cm³/mol. The predicted octanol–water partition coefficient (Wildman–Crippen LogP) is 4.49. The van der Waals surface area contributed by atoms with Crippen molar-refractivity contribution in [2.75, 3.05) is 46.9 Å². The smallest absolute Gasteiger partial charge is 0.401 e. The van der Waals surface area contributed by atoms with E-state index in [0.717, 1.165) is 27.9 Å². The van der Waals surface area contributed by atoms with Gasteiger partial charge in [-0.25, -0.2) is 4.98 Å². The van der Waals surface area contributed by atoms with Gasteiger partial charge in [0.2, 0.25) is 5.88 Å². The Labute approximate surface area is 258 Å². The molecule has 5 rings (SSSR count). The van der Waals surface area contributed by atoms with E-state index in [2.05, 4.69) is 20.2 Å². The number of fused-ring (bicyclic) bond motifs is 1. The van der Waals surface area contributed by atoms with Crippen molar-refractivity contribution in [1.82, 2.24) is 29.5 Å². The summed E-state index contributed by atoms with van der Waals surface area (Å²) in [6.45, 7) is 6.10. The number of H-pyrrole nitrogens is 1. The summed E-state index contributed by atoms with van der Waals surface area (Å²) in [5.74, 6) is 0.447. The normalized spacial score (nSPS) is 15.3. The van der Waals surface area contributed by atoms with Crippen molar-refractivity contribution in [2.24, 2.45) is 0 Å². The minimum absolute atomic E-state index is 0.0519. The molecule has 0 spiro atoms. The van der Waals surface area contributed by atoms with Crippen LogP contribution >= 0.6 is 0 Å². The van der Waals surface area contributed by atoms with E-state index in [9.17, 15) is 22.8 Å². The number of piperazine rings is 1. The Morgan fingerprint density at radius 1 is 1.09 bits per heavy atom. The Hall–Kier alpha value is -4.36. The van der Waals surface area contributed by atoms with Crippen LogP contribution in [-0.2, 0) is 6.54 Å². The highest BCUT2D eigenvalue weighted by atomic mass is 19.4. The first kappa shape index (κ1) is 32.0. The first-order valence-electron chi connectivity index (χ1n) is 14.6. The Kier molecular flexibility index (Phi) is 9.21. The Morgan fingerprint density at radius 3 is 2.49 bits per heavy atom. The van der Waals surface area contributed by atoms with Gasteiger partial charge in [-0.05, 0) is 56.2 Å². The number of rotatable bonds is 9. The van der Waals surface area contributed by atoms with Crippen molar-refractivity contribution in [1.29, 1.82) is 0 Å². The van der Waals surface area contributed by atoms with Crippen LogP contribution in [0.5, 0.6) is 11.6 Å². The van der Waals surface area contributed by atoms with Crippen LogP contribution in [0, 0.1) is 13.8 Å². The number of aryl methyl sites for hydroxylation is 1. The standard InChI is InChI=1S/C32H37F3N6O4/c1-19-14-27(44-4)25(31(43)38-19)17-37-30(42)24-16-26-23(22-6-8-36-28(15-22)45-5)7-9-41(26)29(20(24)2)21(3)40-12-10-39(11-13-40)18-32(33,34)35/h6-9,14-16,21H,10-13,17-18H2,1-5H3,(H,37,42)(H,38,43)/t21-/m0/s1. The third kappa shape index (κ3) is 6.84. The number of hydrogen-bond acceptors (Lipinski definition) is 7. The number of nitrogens with one attached hydrogen (secondary N) is 2. The minimum atomic E-state index is -4.25. The first-order chi connectivity index (χ1) is 21.4. The van der Waals surface area contributed by atoms with E-state index in [1.165, 1.54) is 19.1 Å². The molecule has 1 atom stereocenters. The summed E-state index contributed by atoms with van der Waals surface area (Å²) in [7, 11) is 3.01. The van der Waals surface area contributed by atoms with E-state index in [0.29, 0.717) is 41.5 Å². The number of alkyl halides is 3. The molecular weight excluding hydrogens is 589 g/mol. The Balaban J connectivity index is 1.54. The van der Waals surface area contributed by atoms with Crippen LogP contribution in [0.4, 0.5) is 13.2 Å². The molecular formula is C32H37F3N6O4. The van der Waals surface area contributed by atoms with E-state index >= 15 is 0 Å². The molecule has 0 unspecified atom stereocenters. The van der Waals surface area contributed by atoms with Gasteiger partial charge in [0.15, 0.2) is 0 Å². The summed E-state index contributed by atoms with van der Waals surface area (Å²) < 4.78 is 51.8. The lowest BCUT2D eigenvalue weighted by molar-refractivity contribution is -0.149. The quantitative estimate of drug-likeness (QED) is 0.282. The van der Waals surface area contributed by atoms with Crippen LogP contribution in [0.2, 0.25) is 0 Å². The lowest BCUT2D eigenvalue weighted by atomic mass is 9.99. The second-order valence-corrected chi connectivity index (χ2v) is 11.3. The number of amides is 1. The third-order valence-electron chi connectivity index (χ3n) is 8.38.